The Hall–Kier alpha value is -1.66. The number of nitrogens with zero attached hydrogens (tertiary/aromatic N) is 4. The van der Waals surface area contributed by atoms with Crippen molar-refractivity contribution in [2.24, 2.45) is 0 Å². The molecule has 1 saturated heterocycles. The third-order valence-electron chi connectivity index (χ3n) is 3.85. The molecule has 2 aromatic rings. The van der Waals surface area contributed by atoms with Crippen LogP contribution in [0.3, 0.4) is 0 Å². The number of hydrogen-bond acceptors (Lipinski definition) is 5. The highest BCUT2D eigenvalue weighted by Crippen LogP contribution is 2.24. The van der Waals surface area contributed by atoms with Crippen molar-refractivity contribution < 1.29 is 9.84 Å². The molecule has 0 radical (unpaired) electrons. The molecule has 1 aliphatic rings. The van der Waals surface area contributed by atoms with Crippen LogP contribution in [0.4, 0.5) is 5.82 Å². The third kappa shape index (κ3) is 2.48. The number of aromatic nitrogens is 3. The SMILES string of the molecule is Cc1cc(N(C)CC2(O)CCOCC2)n2ncnc2c1. The van der Waals surface area contributed by atoms with Crippen molar-refractivity contribution >= 4 is 11.5 Å². The maximum absolute atomic E-state index is 10.6. The van der Waals surface area contributed by atoms with Crippen LogP contribution < -0.4 is 4.90 Å². The van der Waals surface area contributed by atoms with Gasteiger partial charge in [0.2, 0.25) is 0 Å². The molecule has 1 aliphatic heterocycles. The molecule has 2 aromatic heterocycles. The first-order valence-corrected chi connectivity index (χ1v) is 6.89. The zero-order valence-corrected chi connectivity index (χ0v) is 11.9. The van der Waals surface area contributed by atoms with Crippen LogP contribution in [0, 0.1) is 6.92 Å². The van der Waals surface area contributed by atoms with Crippen molar-refractivity contribution in [1.29, 1.82) is 0 Å². The Labute approximate surface area is 118 Å². The molecule has 0 atom stereocenters. The van der Waals surface area contributed by atoms with E-state index in [9.17, 15) is 5.11 Å². The van der Waals surface area contributed by atoms with Crippen LogP contribution in [-0.2, 0) is 4.74 Å². The summed E-state index contributed by atoms with van der Waals surface area (Å²) in [5.74, 6) is 0.942. The smallest absolute Gasteiger partial charge is 0.157 e. The zero-order chi connectivity index (χ0) is 14.2. The molecule has 0 saturated carbocycles. The number of aliphatic hydroxyl groups is 1. The molecule has 3 rings (SSSR count). The highest BCUT2D eigenvalue weighted by Gasteiger charge is 2.31. The highest BCUT2D eigenvalue weighted by molar-refractivity contribution is 5.52. The summed E-state index contributed by atoms with van der Waals surface area (Å²) in [6, 6.07) is 4.05. The lowest BCUT2D eigenvalue weighted by atomic mass is 9.94. The van der Waals surface area contributed by atoms with E-state index in [1.54, 1.807) is 10.8 Å². The lowest BCUT2D eigenvalue weighted by Gasteiger charge is -2.36. The van der Waals surface area contributed by atoms with E-state index in [4.69, 9.17) is 4.74 Å². The van der Waals surface area contributed by atoms with Gasteiger partial charge in [-0.25, -0.2) is 4.98 Å². The van der Waals surface area contributed by atoms with Gasteiger partial charge in [-0.05, 0) is 24.6 Å². The second-order valence-corrected chi connectivity index (χ2v) is 5.61. The van der Waals surface area contributed by atoms with Crippen molar-refractivity contribution in [1.82, 2.24) is 14.6 Å². The molecule has 0 aromatic carbocycles. The summed E-state index contributed by atoms with van der Waals surface area (Å²) in [4.78, 5) is 6.27. The summed E-state index contributed by atoms with van der Waals surface area (Å²) in [5.41, 5.74) is 1.26. The molecular weight excluding hydrogens is 256 g/mol. The van der Waals surface area contributed by atoms with E-state index in [0.29, 0.717) is 32.6 Å². The lowest BCUT2D eigenvalue weighted by Crippen LogP contribution is -2.46. The van der Waals surface area contributed by atoms with Crippen molar-refractivity contribution in [3.63, 3.8) is 0 Å². The zero-order valence-electron chi connectivity index (χ0n) is 11.9. The summed E-state index contributed by atoms with van der Waals surface area (Å²) >= 11 is 0. The van der Waals surface area contributed by atoms with Crippen molar-refractivity contribution in [3.05, 3.63) is 24.0 Å². The summed E-state index contributed by atoms with van der Waals surface area (Å²) in [5, 5.41) is 14.9. The Morgan fingerprint density at radius 3 is 2.90 bits per heavy atom. The van der Waals surface area contributed by atoms with Crippen LogP contribution in [0.2, 0.25) is 0 Å². The molecule has 0 spiro atoms. The second kappa shape index (κ2) is 5.03. The Balaban J connectivity index is 1.88. The molecule has 108 valence electrons. The highest BCUT2D eigenvalue weighted by atomic mass is 16.5. The van der Waals surface area contributed by atoms with E-state index in [0.717, 1.165) is 17.0 Å². The fourth-order valence-electron chi connectivity index (χ4n) is 2.74. The van der Waals surface area contributed by atoms with E-state index >= 15 is 0 Å². The fourth-order valence-corrected chi connectivity index (χ4v) is 2.74. The van der Waals surface area contributed by atoms with Crippen LogP contribution in [0.1, 0.15) is 18.4 Å². The van der Waals surface area contributed by atoms with Crippen LogP contribution in [0.15, 0.2) is 18.5 Å². The Morgan fingerprint density at radius 2 is 2.15 bits per heavy atom. The Morgan fingerprint density at radius 1 is 1.40 bits per heavy atom. The first-order valence-electron chi connectivity index (χ1n) is 6.89. The van der Waals surface area contributed by atoms with Gasteiger partial charge in [0.05, 0.1) is 5.60 Å². The predicted octanol–water partition coefficient (Wildman–Crippen LogP) is 1.02. The standard InChI is InChI=1S/C14H20N4O2/c1-11-7-12-15-10-16-18(12)13(8-11)17(2)9-14(19)3-5-20-6-4-14/h7-8,10,19H,3-6,9H2,1-2H3. The number of anilines is 1. The van der Waals surface area contributed by atoms with Gasteiger partial charge in [0.25, 0.3) is 0 Å². The van der Waals surface area contributed by atoms with Crippen LogP contribution >= 0.6 is 0 Å². The largest absolute Gasteiger partial charge is 0.388 e. The van der Waals surface area contributed by atoms with Crippen LogP contribution in [0.25, 0.3) is 5.65 Å². The monoisotopic (exact) mass is 276 g/mol. The van der Waals surface area contributed by atoms with E-state index in [1.165, 1.54) is 0 Å². The van der Waals surface area contributed by atoms with Gasteiger partial charge in [0, 0.05) is 39.6 Å². The van der Waals surface area contributed by atoms with Gasteiger partial charge in [0.1, 0.15) is 12.1 Å². The van der Waals surface area contributed by atoms with E-state index in [2.05, 4.69) is 16.1 Å². The minimum absolute atomic E-state index is 0.564. The number of aryl methyl sites for hydroxylation is 1. The minimum Gasteiger partial charge on any atom is -0.388 e. The lowest BCUT2D eigenvalue weighted by molar-refractivity contribution is -0.0573. The number of hydrogen-bond donors (Lipinski definition) is 1. The topological polar surface area (TPSA) is 62.9 Å². The van der Waals surface area contributed by atoms with Gasteiger partial charge in [-0.15, -0.1) is 0 Å². The van der Waals surface area contributed by atoms with Gasteiger partial charge in [-0.1, -0.05) is 0 Å². The fraction of sp³-hybridized carbons (Fsp3) is 0.571. The maximum Gasteiger partial charge on any atom is 0.157 e. The molecular formula is C14H20N4O2. The molecule has 0 unspecified atom stereocenters. The molecule has 6 nitrogen and oxygen atoms in total. The molecule has 0 aliphatic carbocycles. The molecule has 0 amide bonds. The van der Waals surface area contributed by atoms with E-state index in [1.807, 2.05) is 24.9 Å². The van der Waals surface area contributed by atoms with E-state index in [-0.39, 0.29) is 0 Å². The van der Waals surface area contributed by atoms with Gasteiger partial charge < -0.3 is 14.7 Å². The normalized spacial score (nSPS) is 18.4. The summed E-state index contributed by atoms with van der Waals surface area (Å²) in [6.07, 6.45) is 2.89. The quantitative estimate of drug-likeness (QED) is 0.906. The van der Waals surface area contributed by atoms with Crippen molar-refractivity contribution in [3.8, 4) is 0 Å². The first kappa shape index (κ1) is 13.3. The molecule has 3 heterocycles. The molecule has 0 bridgehead atoms. The number of fused-ring (bicyclic) bond motifs is 1. The van der Waals surface area contributed by atoms with Crippen LogP contribution in [-0.4, -0.2) is 52.1 Å². The summed E-state index contributed by atoms with van der Waals surface area (Å²) in [7, 11) is 1.98. The number of pyridine rings is 1. The van der Waals surface area contributed by atoms with Gasteiger partial charge >= 0.3 is 0 Å². The number of rotatable bonds is 3. The maximum atomic E-state index is 10.6. The molecule has 1 fully saturated rings. The van der Waals surface area contributed by atoms with Gasteiger partial charge in [0.15, 0.2) is 5.65 Å². The number of ether oxygens (including phenoxy) is 1. The van der Waals surface area contributed by atoms with Gasteiger partial charge in [-0.2, -0.15) is 9.61 Å². The summed E-state index contributed by atoms with van der Waals surface area (Å²) in [6.45, 7) is 3.84. The molecule has 1 N–H and O–H groups in total. The van der Waals surface area contributed by atoms with Gasteiger partial charge in [-0.3, -0.25) is 0 Å². The van der Waals surface area contributed by atoms with E-state index < -0.39 is 5.60 Å². The minimum atomic E-state index is -0.691. The Bertz CT molecular complexity index is 604. The van der Waals surface area contributed by atoms with Crippen LogP contribution in [0.5, 0.6) is 0 Å². The Kier molecular flexibility index (Phi) is 3.35. The molecule has 20 heavy (non-hydrogen) atoms. The van der Waals surface area contributed by atoms with Crippen molar-refractivity contribution in [2.75, 3.05) is 31.7 Å². The average molecular weight is 276 g/mol. The summed E-state index contributed by atoms with van der Waals surface area (Å²) < 4.78 is 7.12. The third-order valence-corrected chi connectivity index (χ3v) is 3.85. The van der Waals surface area contributed by atoms with Crippen molar-refractivity contribution in [2.45, 2.75) is 25.4 Å². The first-order chi connectivity index (χ1) is 9.57. The number of likely N-dealkylation sites (N-methyl/N-ethyl adjacent to an activating group) is 1. The predicted molar refractivity (Wildman–Crippen MR) is 76.0 cm³/mol. The second-order valence-electron chi connectivity index (χ2n) is 5.61. The average Bonchev–Trinajstić information content (AvgIpc) is 2.85. The molecule has 6 heteroatoms.